The van der Waals surface area contributed by atoms with Gasteiger partial charge in [0.1, 0.15) is 5.69 Å². The molecule has 0 saturated carbocycles. The Kier molecular flexibility index (Phi) is 4.92. The standard InChI is InChI=1S/C15H19N3O2/c1-20-10-9-13-7-8-14(15(19)17-16)18(13)11-12-5-3-2-4-6-12/h2-8H,9-11,16H2,1H3,(H,17,19). The molecule has 1 aromatic carbocycles. The molecule has 3 N–H and O–H groups in total. The highest BCUT2D eigenvalue weighted by atomic mass is 16.5. The van der Waals surface area contributed by atoms with Crippen molar-refractivity contribution < 1.29 is 9.53 Å². The third-order valence-electron chi connectivity index (χ3n) is 3.18. The summed E-state index contributed by atoms with van der Waals surface area (Å²) >= 11 is 0. The van der Waals surface area contributed by atoms with Crippen LogP contribution in [0.15, 0.2) is 42.5 Å². The topological polar surface area (TPSA) is 69.3 Å². The van der Waals surface area contributed by atoms with Gasteiger partial charge in [0, 0.05) is 25.8 Å². The quantitative estimate of drug-likeness (QED) is 0.474. The molecule has 0 atom stereocenters. The number of nitrogen functional groups attached to an aromatic ring is 1. The number of carbonyl (C=O) groups is 1. The summed E-state index contributed by atoms with van der Waals surface area (Å²) in [7, 11) is 1.66. The first kappa shape index (κ1) is 14.3. The van der Waals surface area contributed by atoms with Crippen molar-refractivity contribution in [2.75, 3.05) is 13.7 Å². The summed E-state index contributed by atoms with van der Waals surface area (Å²) < 4.78 is 7.08. The highest BCUT2D eigenvalue weighted by Crippen LogP contribution is 2.14. The molecule has 1 aromatic heterocycles. The van der Waals surface area contributed by atoms with Crippen LogP contribution in [-0.4, -0.2) is 24.2 Å². The maximum atomic E-state index is 11.8. The molecule has 106 valence electrons. The molecule has 0 fully saturated rings. The second kappa shape index (κ2) is 6.88. The molecule has 2 rings (SSSR count). The predicted molar refractivity (Wildman–Crippen MR) is 77.2 cm³/mol. The monoisotopic (exact) mass is 273 g/mol. The van der Waals surface area contributed by atoms with Gasteiger partial charge in [0.15, 0.2) is 0 Å². The molecular formula is C15H19N3O2. The number of aromatic nitrogens is 1. The number of ether oxygens (including phenoxy) is 1. The summed E-state index contributed by atoms with van der Waals surface area (Å²) in [6, 6.07) is 13.7. The number of hydrogen-bond acceptors (Lipinski definition) is 3. The summed E-state index contributed by atoms with van der Waals surface area (Å²) in [6.07, 6.45) is 0.751. The van der Waals surface area contributed by atoms with E-state index in [1.54, 1.807) is 13.2 Å². The highest BCUT2D eigenvalue weighted by molar-refractivity contribution is 5.92. The van der Waals surface area contributed by atoms with Crippen LogP contribution in [-0.2, 0) is 17.7 Å². The predicted octanol–water partition coefficient (Wildman–Crippen LogP) is 1.33. The minimum Gasteiger partial charge on any atom is -0.384 e. The minimum absolute atomic E-state index is 0.287. The molecule has 1 amide bonds. The second-order valence-corrected chi connectivity index (χ2v) is 4.50. The number of carbonyl (C=O) groups excluding carboxylic acids is 1. The number of nitrogens with one attached hydrogen (secondary N) is 1. The molecular weight excluding hydrogens is 254 g/mol. The molecule has 2 aromatic rings. The van der Waals surface area contributed by atoms with E-state index in [0.29, 0.717) is 18.8 Å². The number of amides is 1. The fourth-order valence-electron chi connectivity index (χ4n) is 2.16. The molecule has 0 bridgehead atoms. The third-order valence-corrected chi connectivity index (χ3v) is 3.18. The molecule has 5 nitrogen and oxygen atoms in total. The summed E-state index contributed by atoms with van der Waals surface area (Å²) in [5.41, 5.74) is 4.93. The van der Waals surface area contributed by atoms with Crippen LogP contribution >= 0.6 is 0 Å². The second-order valence-electron chi connectivity index (χ2n) is 4.50. The molecule has 0 aliphatic heterocycles. The largest absolute Gasteiger partial charge is 0.384 e. The van der Waals surface area contributed by atoms with Gasteiger partial charge in [-0.15, -0.1) is 0 Å². The SMILES string of the molecule is COCCc1ccc(C(=O)NN)n1Cc1ccccc1. The van der Waals surface area contributed by atoms with Gasteiger partial charge >= 0.3 is 0 Å². The van der Waals surface area contributed by atoms with Crippen LogP contribution in [0.1, 0.15) is 21.7 Å². The van der Waals surface area contributed by atoms with Gasteiger partial charge in [-0.05, 0) is 17.7 Å². The van der Waals surface area contributed by atoms with Gasteiger partial charge in [0.05, 0.1) is 6.61 Å². The summed E-state index contributed by atoms with van der Waals surface area (Å²) in [5, 5.41) is 0. The molecule has 20 heavy (non-hydrogen) atoms. The van der Waals surface area contributed by atoms with Crippen LogP contribution in [0, 0.1) is 0 Å². The zero-order valence-corrected chi connectivity index (χ0v) is 11.5. The zero-order chi connectivity index (χ0) is 14.4. The lowest BCUT2D eigenvalue weighted by Gasteiger charge is -2.13. The number of hydrazine groups is 1. The number of methoxy groups -OCH3 is 1. The molecule has 0 radical (unpaired) electrons. The maximum absolute atomic E-state index is 11.8. The summed E-state index contributed by atoms with van der Waals surface area (Å²) in [6.45, 7) is 1.25. The normalized spacial score (nSPS) is 10.5. The third kappa shape index (κ3) is 3.26. The molecule has 1 heterocycles. The van der Waals surface area contributed by atoms with Crippen LogP contribution in [0.5, 0.6) is 0 Å². The van der Waals surface area contributed by atoms with Gasteiger partial charge < -0.3 is 9.30 Å². The first-order chi connectivity index (χ1) is 9.76. The molecule has 0 saturated heterocycles. The maximum Gasteiger partial charge on any atom is 0.281 e. The first-order valence-electron chi connectivity index (χ1n) is 6.48. The lowest BCUT2D eigenvalue weighted by Crippen LogP contribution is -2.32. The van der Waals surface area contributed by atoms with Crippen molar-refractivity contribution in [3.63, 3.8) is 0 Å². The average Bonchev–Trinajstić information content (AvgIpc) is 2.88. The fraction of sp³-hybridized carbons (Fsp3) is 0.267. The van der Waals surface area contributed by atoms with Gasteiger partial charge in [0.2, 0.25) is 0 Å². The van der Waals surface area contributed by atoms with Crippen LogP contribution < -0.4 is 11.3 Å². The van der Waals surface area contributed by atoms with Gasteiger partial charge in [-0.3, -0.25) is 10.2 Å². The molecule has 0 unspecified atom stereocenters. The van der Waals surface area contributed by atoms with Crippen molar-refractivity contribution in [2.24, 2.45) is 5.84 Å². The Morgan fingerprint density at radius 3 is 2.65 bits per heavy atom. The van der Waals surface area contributed by atoms with E-state index < -0.39 is 0 Å². The van der Waals surface area contributed by atoms with Crippen molar-refractivity contribution in [2.45, 2.75) is 13.0 Å². The van der Waals surface area contributed by atoms with E-state index in [2.05, 4.69) is 5.43 Å². The van der Waals surface area contributed by atoms with E-state index in [-0.39, 0.29) is 5.91 Å². The number of hydrogen-bond donors (Lipinski definition) is 2. The Hall–Kier alpha value is -2.11. The Morgan fingerprint density at radius 2 is 2.00 bits per heavy atom. The van der Waals surface area contributed by atoms with E-state index in [9.17, 15) is 4.79 Å². The van der Waals surface area contributed by atoms with E-state index >= 15 is 0 Å². The van der Waals surface area contributed by atoms with Crippen molar-refractivity contribution in [3.05, 3.63) is 59.4 Å². The van der Waals surface area contributed by atoms with E-state index in [4.69, 9.17) is 10.6 Å². The molecule has 0 aliphatic rings. The Balaban J connectivity index is 2.30. The summed E-state index contributed by atoms with van der Waals surface area (Å²) in [4.78, 5) is 11.8. The molecule has 5 heteroatoms. The van der Waals surface area contributed by atoms with Crippen molar-refractivity contribution >= 4 is 5.91 Å². The van der Waals surface area contributed by atoms with Crippen LogP contribution in [0.4, 0.5) is 0 Å². The number of nitrogens with two attached hydrogens (primary N) is 1. The van der Waals surface area contributed by atoms with Crippen LogP contribution in [0.25, 0.3) is 0 Å². The average molecular weight is 273 g/mol. The van der Waals surface area contributed by atoms with Crippen LogP contribution in [0.2, 0.25) is 0 Å². The van der Waals surface area contributed by atoms with E-state index in [1.165, 1.54) is 0 Å². The lowest BCUT2D eigenvalue weighted by atomic mass is 10.2. The summed E-state index contributed by atoms with van der Waals surface area (Å²) in [5.74, 6) is 4.95. The molecule has 0 spiro atoms. The Morgan fingerprint density at radius 1 is 1.25 bits per heavy atom. The van der Waals surface area contributed by atoms with Gasteiger partial charge in [-0.25, -0.2) is 5.84 Å². The van der Waals surface area contributed by atoms with Crippen molar-refractivity contribution in [1.29, 1.82) is 0 Å². The Bertz CT molecular complexity index is 564. The first-order valence-corrected chi connectivity index (χ1v) is 6.48. The van der Waals surface area contributed by atoms with Gasteiger partial charge in [-0.1, -0.05) is 30.3 Å². The van der Waals surface area contributed by atoms with Crippen molar-refractivity contribution in [1.82, 2.24) is 9.99 Å². The zero-order valence-electron chi connectivity index (χ0n) is 11.5. The number of rotatable bonds is 6. The lowest BCUT2D eigenvalue weighted by molar-refractivity contribution is 0.0944. The number of benzene rings is 1. The fourth-order valence-corrected chi connectivity index (χ4v) is 2.16. The van der Waals surface area contributed by atoms with Gasteiger partial charge in [0.25, 0.3) is 5.91 Å². The smallest absolute Gasteiger partial charge is 0.281 e. The van der Waals surface area contributed by atoms with Gasteiger partial charge in [-0.2, -0.15) is 0 Å². The van der Waals surface area contributed by atoms with Crippen LogP contribution in [0.3, 0.4) is 0 Å². The van der Waals surface area contributed by atoms with Crippen molar-refractivity contribution in [3.8, 4) is 0 Å². The Labute approximate surface area is 118 Å². The minimum atomic E-state index is -0.287. The highest BCUT2D eigenvalue weighted by Gasteiger charge is 2.14. The molecule has 0 aliphatic carbocycles. The van der Waals surface area contributed by atoms with E-state index in [1.807, 2.05) is 41.0 Å². The van der Waals surface area contributed by atoms with E-state index in [0.717, 1.165) is 17.7 Å². The number of nitrogens with zero attached hydrogens (tertiary/aromatic N) is 1.